The molecule has 2 aromatic rings. The Bertz CT molecular complexity index is 939. The number of carbonyl (C=O) groups is 1. The number of para-hydroxylation sites is 1. The third kappa shape index (κ3) is 5.40. The highest BCUT2D eigenvalue weighted by Gasteiger charge is 2.30. The Morgan fingerprint density at radius 2 is 1.83 bits per heavy atom. The van der Waals surface area contributed by atoms with Crippen LogP contribution in [0.3, 0.4) is 0 Å². The molecule has 6 heteroatoms. The lowest BCUT2D eigenvalue weighted by atomic mass is 10.1. The monoisotopic (exact) mass is 427 g/mol. The number of ether oxygens (including phenoxy) is 2. The Kier molecular flexibility index (Phi) is 7.34. The number of amides is 1. The summed E-state index contributed by atoms with van der Waals surface area (Å²) in [7, 11) is 0. The third-order valence-corrected chi connectivity index (χ3v) is 6.07. The van der Waals surface area contributed by atoms with E-state index in [2.05, 4.69) is 26.0 Å². The zero-order valence-electron chi connectivity index (χ0n) is 16.9. The Morgan fingerprint density at radius 3 is 2.55 bits per heavy atom. The first-order valence-electron chi connectivity index (χ1n) is 9.67. The number of hydrogen-bond acceptors (Lipinski definition) is 5. The minimum absolute atomic E-state index is 0.0425. The number of aryl methyl sites for hydroxylation is 2. The van der Waals surface area contributed by atoms with Crippen LogP contribution < -0.4 is 9.47 Å². The van der Waals surface area contributed by atoms with Gasteiger partial charge in [0, 0.05) is 18.5 Å². The van der Waals surface area contributed by atoms with E-state index >= 15 is 0 Å². The summed E-state index contributed by atoms with van der Waals surface area (Å²) < 4.78 is 12.4. The average Bonchev–Trinajstić information content (AvgIpc) is 2.98. The van der Waals surface area contributed by atoms with Gasteiger partial charge in [-0.25, -0.2) is 0 Å². The van der Waals surface area contributed by atoms with Crippen LogP contribution in [0.15, 0.2) is 47.4 Å². The second-order valence-electron chi connectivity index (χ2n) is 6.76. The minimum atomic E-state index is -0.0425. The Labute approximate surface area is 181 Å². The molecule has 1 aliphatic heterocycles. The first-order chi connectivity index (χ1) is 14.0. The standard InChI is InChI=1S/C23H25NO3S2/c1-4-24-22(25)21(29-23(24)28)15-18-8-5-6-9-20(18)27-13-7-12-26-19-11-10-16(2)17(3)14-19/h5-6,8-11,14-15H,4,7,12-13H2,1-3H3/b21-15+. The summed E-state index contributed by atoms with van der Waals surface area (Å²) in [5.41, 5.74) is 3.36. The van der Waals surface area contributed by atoms with Crippen LogP contribution in [0.2, 0.25) is 0 Å². The highest BCUT2D eigenvalue weighted by Crippen LogP contribution is 2.34. The van der Waals surface area contributed by atoms with Crippen molar-refractivity contribution in [3.8, 4) is 11.5 Å². The van der Waals surface area contributed by atoms with Crippen molar-refractivity contribution < 1.29 is 14.3 Å². The van der Waals surface area contributed by atoms with Gasteiger partial charge in [0.2, 0.25) is 0 Å². The van der Waals surface area contributed by atoms with E-state index in [1.807, 2.05) is 43.3 Å². The summed E-state index contributed by atoms with van der Waals surface area (Å²) in [5.74, 6) is 1.59. The topological polar surface area (TPSA) is 38.8 Å². The molecule has 152 valence electrons. The molecule has 0 spiro atoms. The van der Waals surface area contributed by atoms with Gasteiger partial charge in [0.15, 0.2) is 0 Å². The molecule has 1 fully saturated rings. The van der Waals surface area contributed by atoms with E-state index in [1.54, 1.807) is 4.90 Å². The molecule has 1 saturated heterocycles. The number of benzene rings is 2. The molecular formula is C23H25NO3S2. The van der Waals surface area contributed by atoms with Crippen LogP contribution >= 0.6 is 24.0 Å². The number of likely N-dealkylation sites (N-methyl/N-ethyl adjacent to an activating group) is 1. The summed E-state index contributed by atoms with van der Waals surface area (Å²) in [6.45, 7) is 7.79. The fraction of sp³-hybridized carbons (Fsp3) is 0.304. The molecule has 1 amide bonds. The number of rotatable bonds is 8. The lowest BCUT2D eigenvalue weighted by Gasteiger charge is -2.11. The van der Waals surface area contributed by atoms with Gasteiger partial charge >= 0.3 is 0 Å². The molecule has 2 aromatic carbocycles. The third-order valence-electron chi connectivity index (χ3n) is 4.69. The van der Waals surface area contributed by atoms with Gasteiger partial charge in [0.25, 0.3) is 5.91 Å². The van der Waals surface area contributed by atoms with Crippen molar-refractivity contribution in [1.82, 2.24) is 4.90 Å². The minimum Gasteiger partial charge on any atom is -0.493 e. The number of nitrogens with zero attached hydrogens (tertiary/aromatic N) is 1. The summed E-state index contributed by atoms with van der Waals surface area (Å²) >= 11 is 6.61. The van der Waals surface area contributed by atoms with Gasteiger partial charge in [-0.05, 0) is 56.2 Å². The lowest BCUT2D eigenvalue weighted by Crippen LogP contribution is -2.27. The number of carbonyl (C=O) groups excluding carboxylic acids is 1. The quantitative estimate of drug-likeness (QED) is 0.322. The van der Waals surface area contributed by atoms with Crippen LogP contribution in [-0.4, -0.2) is 34.9 Å². The van der Waals surface area contributed by atoms with Crippen molar-refractivity contribution in [2.24, 2.45) is 0 Å². The predicted molar refractivity (Wildman–Crippen MR) is 124 cm³/mol. The molecule has 0 atom stereocenters. The zero-order valence-corrected chi connectivity index (χ0v) is 18.6. The number of thiocarbonyl (C=S) groups is 1. The van der Waals surface area contributed by atoms with E-state index in [9.17, 15) is 4.79 Å². The normalized spacial score (nSPS) is 15.3. The first kappa shape index (κ1) is 21.4. The molecule has 1 aliphatic rings. The summed E-state index contributed by atoms with van der Waals surface area (Å²) in [4.78, 5) is 14.7. The summed E-state index contributed by atoms with van der Waals surface area (Å²) in [6, 6.07) is 13.8. The van der Waals surface area contributed by atoms with Crippen LogP contribution in [-0.2, 0) is 4.79 Å². The van der Waals surface area contributed by atoms with Crippen LogP contribution in [0.4, 0.5) is 0 Å². The predicted octanol–water partition coefficient (Wildman–Crippen LogP) is 5.37. The average molecular weight is 428 g/mol. The largest absolute Gasteiger partial charge is 0.493 e. The van der Waals surface area contributed by atoms with Gasteiger partial charge in [-0.3, -0.25) is 9.69 Å². The number of thioether (sulfide) groups is 1. The molecule has 0 aliphatic carbocycles. The van der Waals surface area contributed by atoms with Gasteiger partial charge in [0.1, 0.15) is 15.8 Å². The fourth-order valence-electron chi connectivity index (χ4n) is 2.88. The Hall–Kier alpha value is -2.31. The van der Waals surface area contributed by atoms with Crippen molar-refractivity contribution in [1.29, 1.82) is 0 Å². The molecule has 1 heterocycles. The van der Waals surface area contributed by atoms with Crippen LogP contribution in [0.25, 0.3) is 6.08 Å². The van der Waals surface area contributed by atoms with Crippen molar-refractivity contribution in [2.75, 3.05) is 19.8 Å². The number of hydrogen-bond donors (Lipinski definition) is 0. The molecule has 0 N–H and O–H groups in total. The Balaban J connectivity index is 1.56. The van der Waals surface area contributed by atoms with Crippen LogP contribution in [0, 0.1) is 13.8 Å². The molecule has 0 aromatic heterocycles. The van der Waals surface area contributed by atoms with Crippen LogP contribution in [0.5, 0.6) is 11.5 Å². The SMILES string of the molecule is CCN1C(=O)/C(=C\c2ccccc2OCCCOc2ccc(C)c(C)c2)SC1=S. The maximum Gasteiger partial charge on any atom is 0.266 e. The molecule has 4 nitrogen and oxygen atoms in total. The summed E-state index contributed by atoms with van der Waals surface area (Å²) in [5, 5.41) is 0. The highest BCUT2D eigenvalue weighted by molar-refractivity contribution is 8.26. The van der Waals surface area contributed by atoms with E-state index < -0.39 is 0 Å². The second-order valence-corrected chi connectivity index (χ2v) is 8.44. The Morgan fingerprint density at radius 1 is 1.07 bits per heavy atom. The highest BCUT2D eigenvalue weighted by atomic mass is 32.2. The van der Waals surface area contributed by atoms with Gasteiger partial charge in [-0.1, -0.05) is 48.2 Å². The van der Waals surface area contributed by atoms with E-state index in [-0.39, 0.29) is 5.91 Å². The zero-order chi connectivity index (χ0) is 20.8. The second kappa shape index (κ2) is 9.94. The summed E-state index contributed by atoms with van der Waals surface area (Å²) in [6.07, 6.45) is 2.62. The van der Waals surface area contributed by atoms with Crippen molar-refractivity contribution >= 4 is 40.3 Å². The molecule has 0 bridgehead atoms. The maximum atomic E-state index is 12.4. The molecule has 3 rings (SSSR count). The van der Waals surface area contributed by atoms with Crippen molar-refractivity contribution in [3.05, 3.63) is 64.1 Å². The molecule has 29 heavy (non-hydrogen) atoms. The molecule has 0 saturated carbocycles. The van der Waals surface area contributed by atoms with Crippen molar-refractivity contribution in [3.63, 3.8) is 0 Å². The van der Waals surface area contributed by atoms with Crippen molar-refractivity contribution in [2.45, 2.75) is 27.2 Å². The van der Waals surface area contributed by atoms with Gasteiger partial charge in [-0.2, -0.15) is 0 Å². The van der Waals surface area contributed by atoms with Gasteiger partial charge < -0.3 is 9.47 Å². The van der Waals surface area contributed by atoms with E-state index in [0.717, 1.165) is 23.5 Å². The van der Waals surface area contributed by atoms with E-state index in [0.29, 0.717) is 29.0 Å². The molecule has 0 unspecified atom stereocenters. The molecule has 0 radical (unpaired) electrons. The van der Waals surface area contributed by atoms with Gasteiger partial charge in [0.05, 0.1) is 18.1 Å². The van der Waals surface area contributed by atoms with Crippen LogP contribution in [0.1, 0.15) is 30.0 Å². The fourth-order valence-corrected chi connectivity index (χ4v) is 4.25. The lowest BCUT2D eigenvalue weighted by molar-refractivity contribution is -0.121. The van der Waals surface area contributed by atoms with Gasteiger partial charge in [-0.15, -0.1) is 0 Å². The van der Waals surface area contributed by atoms with E-state index in [4.69, 9.17) is 21.7 Å². The maximum absolute atomic E-state index is 12.4. The first-order valence-corrected chi connectivity index (χ1v) is 10.9. The van der Waals surface area contributed by atoms with E-state index in [1.165, 1.54) is 22.9 Å². The smallest absolute Gasteiger partial charge is 0.266 e. The molecular weight excluding hydrogens is 402 g/mol.